The molecule has 0 aliphatic rings. The zero-order valence-corrected chi connectivity index (χ0v) is 24.3. The largest absolute Gasteiger partial charge is 0.501 e. The summed E-state index contributed by atoms with van der Waals surface area (Å²) in [6.45, 7) is 2.22. The fourth-order valence-electron chi connectivity index (χ4n) is 4.74. The molecular formula is C36H26IrN2O-2. The van der Waals surface area contributed by atoms with Gasteiger partial charge in [-0.15, -0.1) is 54.1 Å². The molecular weight excluding hydrogens is 669 g/mol. The van der Waals surface area contributed by atoms with E-state index in [-0.39, 0.29) is 20.1 Å². The quantitative estimate of drug-likeness (QED) is 0.173. The first kappa shape index (κ1) is 27.2. The normalized spacial score (nSPS) is 11.3. The number of para-hydroxylation sites is 1. The number of nitrogens with zero attached hydrogens (tertiary/aromatic N) is 2. The second-order valence-corrected chi connectivity index (χ2v) is 9.29. The Hall–Kier alpha value is -4.37. The first-order valence-electron chi connectivity index (χ1n) is 13.0. The first-order valence-corrected chi connectivity index (χ1v) is 13.0. The van der Waals surface area contributed by atoms with Gasteiger partial charge in [-0.3, -0.25) is 0 Å². The minimum Gasteiger partial charge on any atom is -0.501 e. The topological polar surface area (TPSA) is 38.9 Å². The molecule has 3 heterocycles. The van der Waals surface area contributed by atoms with Crippen molar-refractivity contribution >= 4 is 21.9 Å². The van der Waals surface area contributed by atoms with Gasteiger partial charge in [0.1, 0.15) is 5.58 Å². The van der Waals surface area contributed by atoms with Crippen LogP contribution < -0.4 is 0 Å². The Morgan fingerprint density at radius 2 is 1.40 bits per heavy atom. The van der Waals surface area contributed by atoms with Crippen molar-refractivity contribution in [3.8, 4) is 22.5 Å². The van der Waals surface area contributed by atoms with E-state index in [0.717, 1.165) is 44.5 Å². The molecule has 40 heavy (non-hydrogen) atoms. The van der Waals surface area contributed by atoms with E-state index in [1.807, 2.05) is 79.0 Å². The van der Waals surface area contributed by atoms with Crippen molar-refractivity contribution in [3.05, 3.63) is 157 Å². The van der Waals surface area contributed by atoms with Gasteiger partial charge in [-0.25, -0.2) is 0 Å². The van der Waals surface area contributed by atoms with E-state index in [4.69, 9.17) is 4.42 Å². The predicted molar refractivity (Wildman–Crippen MR) is 158 cm³/mol. The van der Waals surface area contributed by atoms with Crippen LogP contribution in [-0.2, 0) is 20.1 Å². The molecule has 1 radical (unpaired) electrons. The Labute approximate surface area is 247 Å². The van der Waals surface area contributed by atoms with Gasteiger partial charge in [0.15, 0.2) is 0 Å². The average Bonchev–Trinajstić information content (AvgIpc) is 3.41. The molecule has 0 spiro atoms. The molecule has 0 saturated carbocycles. The SMILES string of the molecule is CC(c1ccccc1)c1ccnc(-c2[c-]ccc3c2oc2ccccc23)c1.[Ir].[c-]1ccccc1-c1ccccn1. The van der Waals surface area contributed by atoms with Crippen molar-refractivity contribution in [2.45, 2.75) is 12.8 Å². The Morgan fingerprint density at radius 3 is 2.20 bits per heavy atom. The van der Waals surface area contributed by atoms with Crippen molar-refractivity contribution < 1.29 is 24.5 Å². The van der Waals surface area contributed by atoms with Crippen LogP contribution in [0.1, 0.15) is 24.0 Å². The molecule has 7 aromatic rings. The number of rotatable bonds is 4. The Morgan fingerprint density at radius 1 is 0.625 bits per heavy atom. The Kier molecular flexibility index (Phi) is 8.61. The minimum absolute atomic E-state index is 0. The van der Waals surface area contributed by atoms with Gasteiger partial charge in [-0.1, -0.05) is 84.6 Å². The van der Waals surface area contributed by atoms with Gasteiger partial charge >= 0.3 is 0 Å². The fourth-order valence-corrected chi connectivity index (χ4v) is 4.74. The molecule has 3 nitrogen and oxygen atoms in total. The Balaban J connectivity index is 0.000000209. The number of pyridine rings is 2. The number of hydrogen-bond donors (Lipinski definition) is 0. The van der Waals surface area contributed by atoms with E-state index < -0.39 is 0 Å². The summed E-state index contributed by atoms with van der Waals surface area (Å²) >= 11 is 0. The maximum atomic E-state index is 6.15. The van der Waals surface area contributed by atoms with Crippen molar-refractivity contribution in [3.63, 3.8) is 0 Å². The molecule has 0 fully saturated rings. The van der Waals surface area contributed by atoms with Gasteiger partial charge in [0.25, 0.3) is 0 Å². The smallest absolute Gasteiger partial charge is 0.120 e. The summed E-state index contributed by atoms with van der Waals surface area (Å²) in [6.07, 6.45) is 3.66. The van der Waals surface area contributed by atoms with Crippen LogP contribution in [0.2, 0.25) is 0 Å². The molecule has 0 aliphatic heterocycles. The van der Waals surface area contributed by atoms with Gasteiger partial charge in [0, 0.05) is 43.8 Å². The molecule has 7 rings (SSSR count). The summed E-state index contributed by atoms with van der Waals surface area (Å²) in [5, 5.41) is 2.22. The zero-order valence-electron chi connectivity index (χ0n) is 21.9. The van der Waals surface area contributed by atoms with E-state index in [0.29, 0.717) is 5.92 Å². The first-order chi connectivity index (χ1) is 19.3. The summed E-state index contributed by atoms with van der Waals surface area (Å²) in [6, 6.07) is 47.1. The predicted octanol–water partition coefficient (Wildman–Crippen LogP) is 9.15. The standard InChI is InChI=1S/C25H18NO.C11H8N.Ir/c1-17(18-8-3-2-4-9-18)19-14-15-26-23(16-19)22-12-7-11-21-20-10-5-6-13-24(20)27-25(21)22;1-2-6-10(7-3-1)11-8-4-5-9-12-11;/h2-11,13-17H,1H3;1-6,8-9H;/q2*-1;. The van der Waals surface area contributed by atoms with Crippen molar-refractivity contribution in [1.82, 2.24) is 9.97 Å². The van der Waals surface area contributed by atoms with Crippen LogP contribution in [0.15, 0.2) is 138 Å². The molecule has 0 amide bonds. The van der Waals surface area contributed by atoms with Gasteiger partial charge < -0.3 is 14.4 Å². The van der Waals surface area contributed by atoms with Gasteiger partial charge in [-0.05, 0) is 40.7 Å². The third kappa shape index (κ3) is 5.79. The van der Waals surface area contributed by atoms with E-state index in [1.54, 1.807) is 6.20 Å². The molecule has 1 atom stereocenters. The molecule has 3 aromatic heterocycles. The van der Waals surface area contributed by atoms with Crippen molar-refractivity contribution in [1.29, 1.82) is 0 Å². The maximum Gasteiger partial charge on any atom is 0.120 e. The van der Waals surface area contributed by atoms with Crippen LogP contribution >= 0.6 is 0 Å². The van der Waals surface area contributed by atoms with E-state index in [2.05, 4.69) is 77.6 Å². The number of furan rings is 1. The molecule has 4 heteroatoms. The Bertz CT molecular complexity index is 1780. The molecule has 4 aromatic carbocycles. The number of hydrogen-bond acceptors (Lipinski definition) is 3. The van der Waals surface area contributed by atoms with Gasteiger partial charge in [-0.2, -0.15) is 0 Å². The van der Waals surface area contributed by atoms with Crippen molar-refractivity contribution in [2.24, 2.45) is 0 Å². The summed E-state index contributed by atoms with van der Waals surface area (Å²) in [7, 11) is 0. The summed E-state index contributed by atoms with van der Waals surface area (Å²) < 4.78 is 6.15. The van der Waals surface area contributed by atoms with Crippen molar-refractivity contribution in [2.75, 3.05) is 0 Å². The van der Waals surface area contributed by atoms with Crippen LogP contribution in [0.4, 0.5) is 0 Å². The second kappa shape index (κ2) is 12.7. The molecule has 0 aliphatic carbocycles. The second-order valence-electron chi connectivity index (χ2n) is 9.29. The summed E-state index contributed by atoms with van der Waals surface area (Å²) in [5.41, 5.74) is 8.06. The van der Waals surface area contributed by atoms with E-state index in [1.165, 1.54) is 11.1 Å². The molecule has 0 N–H and O–H groups in total. The third-order valence-corrected chi connectivity index (χ3v) is 6.83. The van der Waals surface area contributed by atoms with Crippen LogP contribution in [0, 0.1) is 12.1 Å². The van der Waals surface area contributed by atoms with Gasteiger partial charge in [0.05, 0.1) is 5.58 Å². The van der Waals surface area contributed by atoms with Crippen LogP contribution in [0.25, 0.3) is 44.5 Å². The number of aromatic nitrogens is 2. The average molecular weight is 695 g/mol. The maximum absolute atomic E-state index is 6.15. The number of benzene rings is 4. The fraction of sp³-hybridized carbons (Fsp3) is 0.0556. The van der Waals surface area contributed by atoms with Gasteiger partial charge in [0.2, 0.25) is 0 Å². The van der Waals surface area contributed by atoms with Crippen LogP contribution in [0.5, 0.6) is 0 Å². The zero-order chi connectivity index (χ0) is 26.4. The third-order valence-electron chi connectivity index (χ3n) is 6.83. The molecule has 0 saturated heterocycles. The summed E-state index contributed by atoms with van der Waals surface area (Å²) in [4.78, 5) is 8.83. The summed E-state index contributed by atoms with van der Waals surface area (Å²) in [5.74, 6) is 0.294. The molecule has 197 valence electrons. The van der Waals surface area contributed by atoms with Crippen LogP contribution in [-0.4, -0.2) is 9.97 Å². The number of fused-ring (bicyclic) bond motifs is 3. The van der Waals surface area contributed by atoms with E-state index >= 15 is 0 Å². The molecule has 0 bridgehead atoms. The minimum atomic E-state index is 0. The van der Waals surface area contributed by atoms with E-state index in [9.17, 15) is 0 Å². The molecule has 1 unspecified atom stereocenters. The monoisotopic (exact) mass is 695 g/mol. The van der Waals surface area contributed by atoms with Crippen LogP contribution in [0.3, 0.4) is 0 Å².